The van der Waals surface area contributed by atoms with Gasteiger partial charge >= 0.3 is 0 Å². The largest absolute Gasteiger partial charge is 0.347 e. The SMILES string of the molecule is CNCC1CCN(C(=O)c2nccnc2C(=O)NCc2ccc(F)cc2)C1. The van der Waals surface area contributed by atoms with Gasteiger partial charge in [-0.05, 0) is 43.6 Å². The van der Waals surface area contributed by atoms with Gasteiger partial charge in [0.05, 0.1) is 0 Å². The van der Waals surface area contributed by atoms with Gasteiger partial charge in [-0.25, -0.2) is 14.4 Å². The minimum Gasteiger partial charge on any atom is -0.347 e. The predicted octanol–water partition coefficient (Wildman–Crippen LogP) is 1.23. The van der Waals surface area contributed by atoms with Crippen molar-refractivity contribution in [2.45, 2.75) is 13.0 Å². The Bertz CT molecular complexity index is 812. The minimum absolute atomic E-state index is 0.00155. The zero-order valence-corrected chi connectivity index (χ0v) is 15.1. The van der Waals surface area contributed by atoms with Crippen molar-refractivity contribution < 1.29 is 14.0 Å². The van der Waals surface area contributed by atoms with Crippen molar-refractivity contribution in [1.29, 1.82) is 0 Å². The maximum atomic E-state index is 13.0. The number of hydrogen-bond donors (Lipinski definition) is 2. The molecule has 8 heteroatoms. The van der Waals surface area contributed by atoms with Gasteiger partial charge in [0.2, 0.25) is 0 Å². The topological polar surface area (TPSA) is 87.2 Å². The lowest BCUT2D eigenvalue weighted by Gasteiger charge is -2.17. The fourth-order valence-corrected chi connectivity index (χ4v) is 3.15. The van der Waals surface area contributed by atoms with Gasteiger partial charge in [0.1, 0.15) is 5.82 Å². The Morgan fingerprint density at radius 3 is 2.59 bits per heavy atom. The molecule has 0 saturated carbocycles. The molecule has 2 heterocycles. The van der Waals surface area contributed by atoms with E-state index in [2.05, 4.69) is 20.6 Å². The molecular weight excluding hydrogens is 349 g/mol. The lowest BCUT2D eigenvalue weighted by atomic mass is 10.1. The molecule has 3 rings (SSSR count). The Labute approximate surface area is 157 Å². The first-order chi connectivity index (χ1) is 13.1. The smallest absolute Gasteiger partial charge is 0.274 e. The molecule has 7 nitrogen and oxygen atoms in total. The molecule has 0 spiro atoms. The number of nitrogens with zero attached hydrogens (tertiary/aromatic N) is 3. The minimum atomic E-state index is -0.484. The van der Waals surface area contributed by atoms with Crippen LogP contribution in [0.4, 0.5) is 4.39 Å². The van der Waals surface area contributed by atoms with E-state index in [9.17, 15) is 14.0 Å². The summed E-state index contributed by atoms with van der Waals surface area (Å²) >= 11 is 0. The Hall–Kier alpha value is -2.87. The van der Waals surface area contributed by atoms with E-state index in [4.69, 9.17) is 0 Å². The maximum absolute atomic E-state index is 13.0. The number of likely N-dealkylation sites (tertiary alicyclic amines) is 1. The number of amides is 2. The van der Waals surface area contributed by atoms with Gasteiger partial charge in [-0.3, -0.25) is 9.59 Å². The Morgan fingerprint density at radius 2 is 1.89 bits per heavy atom. The van der Waals surface area contributed by atoms with E-state index < -0.39 is 5.91 Å². The number of nitrogens with one attached hydrogen (secondary N) is 2. The molecule has 0 bridgehead atoms. The van der Waals surface area contributed by atoms with Crippen LogP contribution in [0.25, 0.3) is 0 Å². The molecule has 1 saturated heterocycles. The van der Waals surface area contributed by atoms with Gasteiger partial charge < -0.3 is 15.5 Å². The van der Waals surface area contributed by atoms with Crippen molar-refractivity contribution in [1.82, 2.24) is 25.5 Å². The van der Waals surface area contributed by atoms with Crippen LogP contribution in [0.15, 0.2) is 36.7 Å². The summed E-state index contributed by atoms with van der Waals surface area (Å²) in [5.74, 6) is -0.712. The molecule has 2 amide bonds. The van der Waals surface area contributed by atoms with Crippen molar-refractivity contribution in [3.63, 3.8) is 0 Å². The second-order valence-electron chi connectivity index (χ2n) is 6.53. The van der Waals surface area contributed by atoms with Crippen molar-refractivity contribution >= 4 is 11.8 Å². The number of benzene rings is 1. The first kappa shape index (κ1) is 18.9. The molecule has 1 aromatic carbocycles. The quantitative estimate of drug-likeness (QED) is 0.798. The number of hydrogen-bond acceptors (Lipinski definition) is 5. The van der Waals surface area contributed by atoms with Crippen LogP contribution in [-0.2, 0) is 6.54 Å². The van der Waals surface area contributed by atoms with Gasteiger partial charge in [-0.15, -0.1) is 0 Å². The summed E-state index contributed by atoms with van der Waals surface area (Å²) in [5.41, 5.74) is 0.803. The van der Waals surface area contributed by atoms with Crippen LogP contribution < -0.4 is 10.6 Å². The number of aromatic nitrogens is 2. The summed E-state index contributed by atoms with van der Waals surface area (Å²) < 4.78 is 13.0. The van der Waals surface area contributed by atoms with E-state index in [0.717, 1.165) is 18.5 Å². The molecule has 1 fully saturated rings. The molecule has 1 atom stereocenters. The average molecular weight is 371 g/mol. The van der Waals surface area contributed by atoms with Crippen LogP contribution in [-0.4, -0.2) is 53.4 Å². The lowest BCUT2D eigenvalue weighted by molar-refractivity contribution is 0.0772. The van der Waals surface area contributed by atoms with E-state index in [-0.39, 0.29) is 29.7 Å². The third kappa shape index (κ3) is 4.65. The molecule has 2 N–H and O–H groups in total. The van der Waals surface area contributed by atoms with Crippen LogP contribution in [0.2, 0.25) is 0 Å². The molecule has 0 aliphatic carbocycles. The fraction of sp³-hybridized carbons (Fsp3) is 0.368. The van der Waals surface area contributed by atoms with Gasteiger partial charge in [-0.2, -0.15) is 0 Å². The molecule has 1 unspecified atom stereocenters. The second kappa shape index (κ2) is 8.68. The molecule has 1 aromatic heterocycles. The van der Waals surface area contributed by atoms with Crippen LogP contribution >= 0.6 is 0 Å². The third-order valence-electron chi connectivity index (χ3n) is 4.55. The van der Waals surface area contributed by atoms with Crippen molar-refractivity contribution in [3.05, 3.63) is 59.4 Å². The summed E-state index contributed by atoms with van der Waals surface area (Å²) in [7, 11) is 1.89. The van der Waals surface area contributed by atoms with Gasteiger partial charge in [-0.1, -0.05) is 12.1 Å². The Kier molecular flexibility index (Phi) is 6.08. The maximum Gasteiger partial charge on any atom is 0.274 e. The zero-order valence-electron chi connectivity index (χ0n) is 15.1. The molecule has 1 aliphatic heterocycles. The van der Waals surface area contributed by atoms with E-state index in [0.29, 0.717) is 19.0 Å². The van der Waals surface area contributed by atoms with Crippen LogP contribution in [0.3, 0.4) is 0 Å². The van der Waals surface area contributed by atoms with Gasteiger partial charge in [0.15, 0.2) is 11.4 Å². The first-order valence-electron chi connectivity index (χ1n) is 8.86. The normalized spacial score (nSPS) is 16.4. The highest BCUT2D eigenvalue weighted by Gasteiger charge is 2.30. The highest BCUT2D eigenvalue weighted by molar-refractivity contribution is 6.04. The standard InChI is InChI=1S/C19H22FN5O2/c1-21-10-14-6-9-25(12-14)19(27)17-16(22-7-8-23-17)18(26)24-11-13-2-4-15(20)5-3-13/h2-5,7-8,14,21H,6,9-12H2,1H3,(H,24,26). The zero-order chi connectivity index (χ0) is 19.2. The molecule has 2 aromatic rings. The van der Waals surface area contributed by atoms with E-state index in [1.807, 2.05) is 7.05 Å². The summed E-state index contributed by atoms with van der Waals surface area (Å²) in [6.07, 6.45) is 3.71. The molecule has 27 heavy (non-hydrogen) atoms. The fourth-order valence-electron chi connectivity index (χ4n) is 3.15. The Morgan fingerprint density at radius 1 is 1.19 bits per heavy atom. The summed E-state index contributed by atoms with van der Waals surface area (Å²) in [6.45, 7) is 2.32. The predicted molar refractivity (Wildman–Crippen MR) is 97.5 cm³/mol. The summed E-state index contributed by atoms with van der Waals surface area (Å²) in [5, 5.41) is 5.83. The second-order valence-corrected chi connectivity index (χ2v) is 6.53. The van der Waals surface area contributed by atoms with Crippen LogP contribution in [0.1, 0.15) is 33.0 Å². The lowest BCUT2D eigenvalue weighted by Crippen LogP contribution is -2.34. The van der Waals surface area contributed by atoms with Crippen LogP contribution in [0, 0.1) is 11.7 Å². The van der Waals surface area contributed by atoms with E-state index in [1.165, 1.54) is 24.5 Å². The van der Waals surface area contributed by atoms with E-state index in [1.54, 1.807) is 17.0 Å². The molecule has 0 radical (unpaired) electrons. The third-order valence-corrected chi connectivity index (χ3v) is 4.55. The summed E-state index contributed by atoms with van der Waals surface area (Å²) in [4.78, 5) is 35.2. The highest BCUT2D eigenvalue weighted by Crippen LogP contribution is 2.18. The summed E-state index contributed by atoms with van der Waals surface area (Å²) in [6, 6.07) is 5.83. The van der Waals surface area contributed by atoms with Crippen LogP contribution in [0.5, 0.6) is 0 Å². The molecule has 1 aliphatic rings. The molecular formula is C19H22FN5O2. The van der Waals surface area contributed by atoms with Gasteiger partial charge in [0, 0.05) is 32.0 Å². The number of carbonyl (C=O) groups is 2. The van der Waals surface area contributed by atoms with Gasteiger partial charge in [0.25, 0.3) is 11.8 Å². The Balaban J connectivity index is 1.68. The van der Waals surface area contributed by atoms with Crippen molar-refractivity contribution in [2.75, 3.05) is 26.7 Å². The average Bonchev–Trinajstić information content (AvgIpc) is 3.16. The molecule has 142 valence electrons. The van der Waals surface area contributed by atoms with E-state index >= 15 is 0 Å². The first-order valence-corrected chi connectivity index (χ1v) is 8.86. The number of halogens is 1. The van der Waals surface area contributed by atoms with Crippen molar-refractivity contribution in [2.24, 2.45) is 5.92 Å². The number of rotatable bonds is 6. The monoisotopic (exact) mass is 371 g/mol. The van der Waals surface area contributed by atoms with Crippen molar-refractivity contribution in [3.8, 4) is 0 Å². The number of carbonyl (C=O) groups excluding carboxylic acids is 2. The highest BCUT2D eigenvalue weighted by atomic mass is 19.1.